The highest BCUT2D eigenvalue weighted by Crippen LogP contribution is 2.37. The van der Waals surface area contributed by atoms with Crippen LogP contribution in [0.15, 0.2) is 42.5 Å². The quantitative estimate of drug-likeness (QED) is 0.590. The predicted molar refractivity (Wildman–Crippen MR) is 96.4 cm³/mol. The maximum atomic E-state index is 12.5. The van der Waals surface area contributed by atoms with E-state index in [-0.39, 0.29) is 25.7 Å². The predicted octanol–water partition coefficient (Wildman–Crippen LogP) is 2.16. The Morgan fingerprint density at radius 3 is 2.57 bits per heavy atom. The standard InChI is InChI=1S/C20H17NO7/c1-25-19(23)12-2-5-15(6-3-12)28-20(24)13-8-18(22)21(10-13)14-4-7-16-17(9-14)27-11-26-16/h2-7,9,13H,8,10-11H2,1H3. The summed E-state index contributed by atoms with van der Waals surface area (Å²) in [5, 5.41) is 0. The van der Waals surface area contributed by atoms with Crippen molar-refractivity contribution in [3.8, 4) is 17.2 Å². The molecule has 2 aromatic carbocycles. The van der Waals surface area contributed by atoms with Gasteiger partial charge >= 0.3 is 11.9 Å². The average Bonchev–Trinajstić information content (AvgIpc) is 3.33. The largest absolute Gasteiger partial charge is 0.465 e. The normalized spacial score (nSPS) is 17.5. The lowest BCUT2D eigenvalue weighted by atomic mass is 10.1. The number of amides is 1. The van der Waals surface area contributed by atoms with Crippen LogP contribution in [0.4, 0.5) is 5.69 Å². The molecule has 1 atom stereocenters. The van der Waals surface area contributed by atoms with Gasteiger partial charge < -0.3 is 23.8 Å². The molecule has 8 heteroatoms. The number of nitrogens with zero attached hydrogens (tertiary/aromatic N) is 1. The second kappa shape index (κ2) is 7.22. The fraction of sp³-hybridized carbons (Fsp3) is 0.250. The summed E-state index contributed by atoms with van der Waals surface area (Å²) in [5.41, 5.74) is 0.999. The van der Waals surface area contributed by atoms with Crippen molar-refractivity contribution >= 4 is 23.5 Å². The number of methoxy groups -OCH3 is 1. The summed E-state index contributed by atoms with van der Waals surface area (Å²) in [6.45, 7) is 0.369. The SMILES string of the molecule is COC(=O)c1ccc(OC(=O)C2CC(=O)N(c3ccc4c(c3)OCO4)C2)cc1. The fourth-order valence-corrected chi connectivity index (χ4v) is 3.14. The molecule has 144 valence electrons. The van der Waals surface area contributed by atoms with Crippen LogP contribution in [0.5, 0.6) is 17.2 Å². The Labute approximate surface area is 160 Å². The highest BCUT2D eigenvalue weighted by Gasteiger charge is 2.37. The van der Waals surface area contributed by atoms with Crippen molar-refractivity contribution in [2.24, 2.45) is 5.92 Å². The number of rotatable bonds is 4. The maximum absolute atomic E-state index is 12.5. The van der Waals surface area contributed by atoms with Crippen molar-refractivity contribution in [2.75, 3.05) is 25.3 Å². The Hall–Kier alpha value is -3.55. The van der Waals surface area contributed by atoms with Gasteiger partial charge in [0.1, 0.15) is 5.75 Å². The van der Waals surface area contributed by atoms with E-state index in [4.69, 9.17) is 14.2 Å². The van der Waals surface area contributed by atoms with E-state index in [2.05, 4.69) is 4.74 Å². The molecule has 0 aliphatic carbocycles. The van der Waals surface area contributed by atoms with E-state index in [9.17, 15) is 14.4 Å². The van der Waals surface area contributed by atoms with Crippen LogP contribution in [-0.2, 0) is 14.3 Å². The van der Waals surface area contributed by atoms with Crippen LogP contribution in [0.3, 0.4) is 0 Å². The topological polar surface area (TPSA) is 91.4 Å². The minimum atomic E-state index is -0.585. The van der Waals surface area contributed by atoms with E-state index >= 15 is 0 Å². The van der Waals surface area contributed by atoms with Gasteiger partial charge in [-0.05, 0) is 36.4 Å². The van der Waals surface area contributed by atoms with Gasteiger partial charge in [-0.25, -0.2) is 4.79 Å². The summed E-state index contributed by atoms with van der Waals surface area (Å²) in [6, 6.07) is 11.2. The zero-order valence-electron chi connectivity index (χ0n) is 15.0. The van der Waals surface area contributed by atoms with Crippen LogP contribution >= 0.6 is 0 Å². The van der Waals surface area contributed by atoms with Gasteiger partial charge in [0.15, 0.2) is 11.5 Å². The molecule has 4 rings (SSSR count). The average molecular weight is 383 g/mol. The number of esters is 2. The first-order valence-corrected chi connectivity index (χ1v) is 8.65. The number of fused-ring (bicyclic) bond motifs is 1. The molecule has 0 bridgehead atoms. The molecule has 0 N–H and O–H groups in total. The number of benzene rings is 2. The highest BCUT2D eigenvalue weighted by molar-refractivity contribution is 6.00. The first kappa shape index (κ1) is 17.8. The van der Waals surface area contributed by atoms with Gasteiger partial charge in [-0.2, -0.15) is 0 Å². The third kappa shape index (κ3) is 3.36. The van der Waals surface area contributed by atoms with Crippen molar-refractivity contribution in [1.82, 2.24) is 0 Å². The zero-order chi connectivity index (χ0) is 19.7. The lowest BCUT2D eigenvalue weighted by Gasteiger charge is -2.17. The zero-order valence-corrected chi connectivity index (χ0v) is 15.0. The van der Waals surface area contributed by atoms with Crippen LogP contribution in [-0.4, -0.2) is 38.3 Å². The molecule has 2 heterocycles. The molecule has 1 unspecified atom stereocenters. The number of carbonyl (C=O) groups is 3. The molecular weight excluding hydrogens is 366 g/mol. The Morgan fingerprint density at radius 1 is 1.07 bits per heavy atom. The molecule has 0 aromatic heterocycles. The lowest BCUT2D eigenvalue weighted by molar-refractivity contribution is -0.139. The monoisotopic (exact) mass is 383 g/mol. The molecule has 1 saturated heterocycles. The first-order valence-electron chi connectivity index (χ1n) is 8.65. The van der Waals surface area contributed by atoms with Crippen LogP contribution in [0.25, 0.3) is 0 Å². The molecular formula is C20H17NO7. The summed E-state index contributed by atoms with van der Waals surface area (Å²) in [7, 11) is 1.29. The molecule has 2 aromatic rings. The lowest BCUT2D eigenvalue weighted by Crippen LogP contribution is -2.27. The van der Waals surface area contributed by atoms with E-state index in [1.54, 1.807) is 18.2 Å². The van der Waals surface area contributed by atoms with Crippen LogP contribution in [0.2, 0.25) is 0 Å². The van der Waals surface area contributed by atoms with E-state index in [1.807, 2.05) is 0 Å². The molecule has 8 nitrogen and oxygen atoms in total. The second-order valence-electron chi connectivity index (χ2n) is 6.38. The number of ether oxygens (including phenoxy) is 4. The molecule has 1 fully saturated rings. The third-order valence-corrected chi connectivity index (χ3v) is 4.62. The van der Waals surface area contributed by atoms with Gasteiger partial charge in [-0.1, -0.05) is 0 Å². The maximum Gasteiger partial charge on any atom is 0.337 e. The number of anilines is 1. The fourth-order valence-electron chi connectivity index (χ4n) is 3.14. The molecule has 28 heavy (non-hydrogen) atoms. The highest BCUT2D eigenvalue weighted by atomic mass is 16.7. The van der Waals surface area contributed by atoms with E-state index in [0.29, 0.717) is 28.5 Å². The minimum Gasteiger partial charge on any atom is -0.465 e. The van der Waals surface area contributed by atoms with Gasteiger partial charge in [0.2, 0.25) is 12.7 Å². The molecule has 0 saturated carbocycles. The van der Waals surface area contributed by atoms with Gasteiger partial charge in [0, 0.05) is 24.7 Å². The van der Waals surface area contributed by atoms with Crippen molar-refractivity contribution < 1.29 is 33.3 Å². The Balaban J connectivity index is 1.42. The van der Waals surface area contributed by atoms with Crippen LogP contribution in [0.1, 0.15) is 16.8 Å². The van der Waals surface area contributed by atoms with Crippen molar-refractivity contribution in [3.63, 3.8) is 0 Å². The summed E-state index contributed by atoms with van der Waals surface area (Å²) in [4.78, 5) is 37.8. The van der Waals surface area contributed by atoms with Gasteiger partial charge in [-0.15, -0.1) is 0 Å². The Morgan fingerprint density at radius 2 is 1.82 bits per heavy atom. The minimum absolute atomic E-state index is 0.0630. The number of hydrogen-bond donors (Lipinski definition) is 0. The van der Waals surface area contributed by atoms with E-state index < -0.39 is 17.9 Å². The number of hydrogen-bond acceptors (Lipinski definition) is 7. The van der Waals surface area contributed by atoms with Crippen molar-refractivity contribution in [3.05, 3.63) is 48.0 Å². The smallest absolute Gasteiger partial charge is 0.337 e. The third-order valence-electron chi connectivity index (χ3n) is 4.62. The molecule has 1 amide bonds. The van der Waals surface area contributed by atoms with Crippen LogP contribution < -0.4 is 19.1 Å². The summed E-state index contributed by atoms with van der Waals surface area (Å²) >= 11 is 0. The second-order valence-corrected chi connectivity index (χ2v) is 6.38. The van der Waals surface area contributed by atoms with Crippen LogP contribution in [0, 0.1) is 5.92 Å². The Kier molecular flexibility index (Phi) is 4.60. The van der Waals surface area contributed by atoms with Crippen molar-refractivity contribution in [1.29, 1.82) is 0 Å². The first-order chi connectivity index (χ1) is 13.5. The van der Waals surface area contributed by atoms with Gasteiger partial charge in [0.25, 0.3) is 0 Å². The summed E-state index contributed by atoms with van der Waals surface area (Å²) < 4.78 is 20.6. The molecule has 2 aliphatic rings. The molecule has 2 aliphatic heterocycles. The van der Waals surface area contributed by atoms with Gasteiger partial charge in [-0.3, -0.25) is 9.59 Å². The molecule has 0 spiro atoms. The van der Waals surface area contributed by atoms with Crippen molar-refractivity contribution in [2.45, 2.75) is 6.42 Å². The number of carbonyl (C=O) groups excluding carboxylic acids is 3. The Bertz CT molecular complexity index is 938. The van der Waals surface area contributed by atoms with E-state index in [0.717, 1.165) is 0 Å². The summed E-state index contributed by atoms with van der Waals surface area (Å²) in [5.74, 6) is -0.225. The van der Waals surface area contributed by atoms with Gasteiger partial charge in [0.05, 0.1) is 18.6 Å². The summed E-state index contributed by atoms with van der Waals surface area (Å²) in [6.07, 6.45) is 0.0630. The van der Waals surface area contributed by atoms with E-state index in [1.165, 1.54) is 36.3 Å². The molecule has 0 radical (unpaired) electrons.